The molecule has 0 nitrogen and oxygen atoms in total. The van der Waals surface area contributed by atoms with E-state index in [1.54, 1.807) is 0 Å². The quantitative estimate of drug-likeness (QED) is 0.407. The fraction of sp³-hybridized carbons (Fsp3) is 0.632. The van der Waals surface area contributed by atoms with Gasteiger partial charge >= 0.3 is 0 Å². The lowest BCUT2D eigenvalue weighted by Gasteiger charge is -2.04. The van der Waals surface area contributed by atoms with Crippen molar-refractivity contribution >= 4 is 0 Å². The molecule has 0 saturated carbocycles. The van der Waals surface area contributed by atoms with E-state index in [9.17, 15) is 0 Å². The lowest BCUT2D eigenvalue weighted by molar-refractivity contribution is 0.631. The van der Waals surface area contributed by atoms with Crippen LogP contribution >= 0.6 is 0 Å². The Morgan fingerprint density at radius 3 is 2.05 bits per heavy atom. The van der Waals surface area contributed by atoms with Crippen molar-refractivity contribution < 1.29 is 0 Å². The average molecular weight is 259 g/mol. The summed E-state index contributed by atoms with van der Waals surface area (Å²) in [7, 11) is 0. The first kappa shape index (κ1) is 16.3. The molecule has 107 valence electrons. The summed E-state index contributed by atoms with van der Waals surface area (Å²) in [6.07, 6.45) is 15.7. The zero-order valence-electron chi connectivity index (χ0n) is 13.0. The van der Waals surface area contributed by atoms with Crippen molar-refractivity contribution in [2.75, 3.05) is 0 Å². The van der Waals surface area contributed by atoms with Crippen molar-refractivity contribution in [2.24, 2.45) is 0 Å². The highest BCUT2D eigenvalue weighted by Gasteiger charge is 1.96. The number of aryl methyl sites for hydroxylation is 1. The van der Waals surface area contributed by atoms with Crippen LogP contribution < -0.4 is 0 Å². The number of hydrogen-bond acceptors (Lipinski definition) is 0. The predicted molar refractivity (Wildman–Crippen MR) is 86.4 cm³/mol. The zero-order valence-corrected chi connectivity index (χ0v) is 13.0. The van der Waals surface area contributed by atoms with E-state index in [1.807, 2.05) is 0 Å². The van der Waals surface area contributed by atoms with Gasteiger partial charge in [0.15, 0.2) is 0 Å². The summed E-state index contributed by atoms with van der Waals surface area (Å²) in [4.78, 5) is 0. The van der Waals surface area contributed by atoms with Crippen molar-refractivity contribution in [3.05, 3.63) is 41.8 Å². The van der Waals surface area contributed by atoms with Gasteiger partial charge in [-0.3, -0.25) is 0 Å². The highest BCUT2D eigenvalue weighted by molar-refractivity contribution is 5.27. The van der Waals surface area contributed by atoms with E-state index >= 15 is 0 Å². The highest BCUT2D eigenvalue weighted by Crippen LogP contribution is 2.14. The maximum atomic E-state index is 2.39. The van der Waals surface area contributed by atoms with Crippen molar-refractivity contribution in [1.82, 2.24) is 0 Å². The smallest absolute Gasteiger partial charge is 0.00931 e. The molecule has 0 saturated heterocycles. The molecule has 1 aromatic carbocycles. The monoisotopic (exact) mass is 259 g/mol. The second-order valence-corrected chi connectivity index (χ2v) is 5.61. The van der Waals surface area contributed by atoms with Gasteiger partial charge in [-0.05, 0) is 36.8 Å². The molecule has 0 aromatic heterocycles. The van der Waals surface area contributed by atoms with Gasteiger partial charge in [0.2, 0.25) is 0 Å². The topological polar surface area (TPSA) is 0 Å². The SMILES string of the molecule is CCCCCCC[CH]c1ccc(CCCCC)cc1. The molecule has 0 bridgehead atoms. The fourth-order valence-electron chi connectivity index (χ4n) is 2.42. The van der Waals surface area contributed by atoms with Crippen LogP contribution in [0.3, 0.4) is 0 Å². The third-order valence-electron chi connectivity index (χ3n) is 3.74. The Morgan fingerprint density at radius 2 is 1.37 bits per heavy atom. The van der Waals surface area contributed by atoms with Crippen LogP contribution in [0.25, 0.3) is 0 Å². The first-order chi connectivity index (χ1) is 9.36. The molecule has 1 radical (unpaired) electrons. The van der Waals surface area contributed by atoms with E-state index in [2.05, 4.69) is 44.5 Å². The van der Waals surface area contributed by atoms with Gasteiger partial charge < -0.3 is 0 Å². The second-order valence-electron chi connectivity index (χ2n) is 5.61. The van der Waals surface area contributed by atoms with E-state index in [0.717, 1.165) is 0 Å². The Labute approximate surface area is 120 Å². The van der Waals surface area contributed by atoms with Gasteiger partial charge in [0.05, 0.1) is 0 Å². The van der Waals surface area contributed by atoms with Gasteiger partial charge in [0.25, 0.3) is 0 Å². The molecular weight excluding hydrogens is 228 g/mol. The minimum absolute atomic E-state index is 1.24. The standard InChI is InChI=1S/C19H31/c1-3-5-7-8-9-11-13-19-16-14-18(15-17-19)12-10-6-4-2/h13-17H,3-12H2,1-2H3. The summed E-state index contributed by atoms with van der Waals surface area (Å²) in [5.74, 6) is 0. The minimum atomic E-state index is 1.24. The lowest BCUT2D eigenvalue weighted by atomic mass is 10.0. The van der Waals surface area contributed by atoms with Crippen molar-refractivity contribution in [3.63, 3.8) is 0 Å². The van der Waals surface area contributed by atoms with Gasteiger partial charge in [0, 0.05) is 0 Å². The lowest BCUT2D eigenvalue weighted by Crippen LogP contribution is -1.88. The maximum Gasteiger partial charge on any atom is -0.00931 e. The molecule has 0 aliphatic rings. The van der Waals surface area contributed by atoms with E-state index in [-0.39, 0.29) is 0 Å². The Kier molecular flexibility index (Phi) is 9.49. The van der Waals surface area contributed by atoms with Crippen LogP contribution in [0, 0.1) is 6.42 Å². The Morgan fingerprint density at radius 1 is 0.737 bits per heavy atom. The Hall–Kier alpha value is -0.780. The summed E-state index contributed by atoms with van der Waals surface area (Å²) in [5, 5.41) is 0. The van der Waals surface area contributed by atoms with Crippen LogP contribution in [0.1, 0.15) is 82.8 Å². The van der Waals surface area contributed by atoms with Crippen molar-refractivity contribution in [2.45, 2.75) is 78.1 Å². The second kappa shape index (κ2) is 11.1. The molecule has 0 heterocycles. The molecule has 1 rings (SSSR count). The summed E-state index contributed by atoms with van der Waals surface area (Å²) in [6.45, 7) is 4.53. The third kappa shape index (κ3) is 8.08. The van der Waals surface area contributed by atoms with E-state index in [4.69, 9.17) is 0 Å². The molecule has 0 spiro atoms. The molecule has 1 aromatic rings. The average Bonchev–Trinajstić information content (AvgIpc) is 2.44. The van der Waals surface area contributed by atoms with Crippen molar-refractivity contribution in [1.29, 1.82) is 0 Å². The van der Waals surface area contributed by atoms with Gasteiger partial charge in [-0.15, -0.1) is 0 Å². The molecule has 0 atom stereocenters. The molecule has 0 unspecified atom stereocenters. The molecule has 19 heavy (non-hydrogen) atoms. The minimum Gasteiger partial charge on any atom is -0.0654 e. The van der Waals surface area contributed by atoms with Crippen LogP contribution in [0.4, 0.5) is 0 Å². The fourth-order valence-corrected chi connectivity index (χ4v) is 2.42. The van der Waals surface area contributed by atoms with E-state index in [0.29, 0.717) is 0 Å². The summed E-state index contributed by atoms with van der Waals surface area (Å²) >= 11 is 0. The first-order valence-corrected chi connectivity index (χ1v) is 8.29. The summed E-state index contributed by atoms with van der Waals surface area (Å²) in [6, 6.07) is 9.18. The van der Waals surface area contributed by atoms with Crippen molar-refractivity contribution in [3.8, 4) is 0 Å². The van der Waals surface area contributed by atoms with Crippen LogP contribution in [-0.4, -0.2) is 0 Å². The normalized spacial score (nSPS) is 10.8. The van der Waals surface area contributed by atoms with Gasteiger partial charge in [0.1, 0.15) is 0 Å². The van der Waals surface area contributed by atoms with Crippen LogP contribution in [0.5, 0.6) is 0 Å². The number of benzene rings is 1. The van der Waals surface area contributed by atoms with Crippen LogP contribution in [0.2, 0.25) is 0 Å². The number of rotatable bonds is 11. The van der Waals surface area contributed by atoms with Crippen LogP contribution in [-0.2, 0) is 6.42 Å². The molecule has 0 heteroatoms. The highest BCUT2D eigenvalue weighted by atomic mass is 14.0. The third-order valence-corrected chi connectivity index (χ3v) is 3.74. The Bertz CT molecular complexity index is 296. The van der Waals surface area contributed by atoms with Crippen LogP contribution in [0.15, 0.2) is 24.3 Å². The van der Waals surface area contributed by atoms with E-state index < -0.39 is 0 Å². The molecule has 0 fully saturated rings. The number of hydrogen-bond donors (Lipinski definition) is 0. The molecule has 0 N–H and O–H groups in total. The number of unbranched alkanes of at least 4 members (excludes halogenated alkanes) is 7. The zero-order chi connectivity index (χ0) is 13.8. The molecule has 0 aliphatic carbocycles. The van der Waals surface area contributed by atoms with Gasteiger partial charge in [-0.25, -0.2) is 0 Å². The van der Waals surface area contributed by atoms with Gasteiger partial charge in [-0.2, -0.15) is 0 Å². The molecular formula is C19H31. The van der Waals surface area contributed by atoms with Gasteiger partial charge in [-0.1, -0.05) is 83.1 Å². The molecule has 0 amide bonds. The summed E-state index contributed by atoms with van der Waals surface area (Å²) in [5.41, 5.74) is 2.89. The maximum absolute atomic E-state index is 2.39. The predicted octanol–water partition coefficient (Wildman–Crippen LogP) is 6.33. The first-order valence-electron chi connectivity index (χ1n) is 8.29. The van der Waals surface area contributed by atoms with E-state index in [1.165, 1.54) is 75.3 Å². The Balaban J connectivity index is 2.13. The summed E-state index contributed by atoms with van der Waals surface area (Å²) < 4.78 is 0. The largest absolute Gasteiger partial charge is 0.0654 e. The molecule has 0 aliphatic heterocycles.